The lowest BCUT2D eigenvalue weighted by atomic mass is 10.1. The molecule has 1 aromatic heterocycles. The maximum Gasteiger partial charge on any atom is 0.232 e. The Morgan fingerprint density at radius 3 is 2.15 bits per heavy atom. The second-order valence-corrected chi connectivity index (χ2v) is 8.05. The number of hydrogen-bond donors (Lipinski definition) is 2. The molecule has 6 nitrogen and oxygen atoms in total. The number of benzene rings is 3. The first-order valence-electron chi connectivity index (χ1n) is 10.7. The van der Waals surface area contributed by atoms with Gasteiger partial charge >= 0.3 is 0 Å². The van der Waals surface area contributed by atoms with E-state index in [2.05, 4.69) is 45.7 Å². The number of aryl methyl sites for hydroxylation is 4. The quantitative estimate of drug-likeness (QED) is 0.344. The Labute approximate surface area is 193 Å². The lowest BCUT2D eigenvalue weighted by Gasteiger charge is -2.15. The van der Waals surface area contributed by atoms with Crippen LogP contribution in [0.15, 0.2) is 66.7 Å². The fourth-order valence-electron chi connectivity index (χ4n) is 3.66. The van der Waals surface area contributed by atoms with Crippen molar-refractivity contribution in [1.82, 2.24) is 9.97 Å². The minimum absolute atomic E-state index is 0.384. The van der Waals surface area contributed by atoms with Gasteiger partial charge < -0.3 is 15.4 Å². The fourth-order valence-corrected chi connectivity index (χ4v) is 3.66. The van der Waals surface area contributed by atoms with Gasteiger partial charge in [-0.05, 0) is 80.8 Å². The highest BCUT2D eigenvalue weighted by Gasteiger charge is 2.12. The molecule has 2 N–H and O–H groups in total. The van der Waals surface area contributed by atoms with Crippen LogP contribution in [0, 0.1) is 39.0 Å². The minimum atomic E-state index is 0.384. The van der Waals surface area contributed by atoms with Gasteiger partial charge in [0, 0.05) is 17.4 Å². The van der Waals surface area contributed by atoms with Crippen LogP contribution in [0.4, 0.5) is 23.1 Å². The molecule has 3 aromatic carbocycles. The van der Waals surface area contributed by atoms with Crippen molar-refractivity contribution < 1.29 is 4.74 Å². The van der Waals surface area contributed by atoms with Crippen molar-refractivity contribution in [1.29, 1.82) is 5.26 Å². The summed E-state index contributed by atoms with van der Waals surface area (Å²) in [7, 11) is 0. The van der Waals surface area contributed by atoms with Crippen molar-refractivity contribution in [2.45, 2.75) is 27.7 Å². The average Bonchev–Trinajstić information content (AvgIpc) is 2.77. The van der Waals surface area contributed by atoms with Gasteiger partial charge in [0.15, 0.2) is 0 Å². The van der Waals surface area contributed by atoms with Crippen molar-refractivity contribution in [3.8, 4) is 17.7 Å². The normalized spacial score (nSPS) is 10.4. The predicted molar refractivity (Wildman–Crippen MR) is 132 cm³/mol. The van der Waals surface area contributed by atoms with Crippen LogP contribution in [0.2, 0.25) is 0 Å². The highest BCUT2D eigenvalue weighted by atomic mass is 16.5. The molecule has 0 saturated carbocycles. The van der Waals surface area contributed by atoms with Crippen LogP contribution in [0.5, 0.6) is 11.6 Å². The Morgan fingerprint density at radius 1 is 0.758 bits per heavy atom. The van der Waals surface area contributed by atoms with E-state index in [0.717, 1.165) is 33.8 Å². The van der Waals surface area contributed by atoms with Gasteiger partial charge in [0.1, 0.15) is 11.6 Å². The molecule has 0 fully saturated rings. The smallest absolute Gasteiger partial charge is 0.232 e. The van der Waals surface area contributed by atoms with Gasteiger partial charge in [0.05, 0.1) is 11.6 Å². The molecule has 0 aliphatic rings. The van der Waals surface area contributed by atoms with Crippen LogP contribution in [0.1, 0.15) is 27.8 Å². The SMILES string of the molecule is Cc1cccc(Nc2cc(Oc3c(C)cc(C)cc3C)nc(Nc3ccc(C#N)cc3)n2)c1. The first-order chi connectivity index (χ1) is 15.9. The molecule has 0 saturated heterocycles. The number of aromatic nitrogens is 2. The molecule has 0 unspecified atom stereocenters. The van der Waals surface area contributed by atoms with E-state index in [1.807, 2.05) is 57.2 Å². The van der Waals surface area contributed by atoms with Crippen LogP contribution in [0.25, 0.3) is 0 Å². The summed E-state index contributed by atoms with van der Waals surface area (Å²) < 4.78 is 6.24. The number of anilines is 4. The van der Waals surface area contributed by atoms with E-state index >= 15 is 0 Å². The molecule has 33 heavy (non-hydrogen) atoms. The second-order valence-electron chi connectivity index (χ2n) is 8.05. The van der Waals surface area contributed by atoms with Crippen LogP contribution >= 0.6 is 0 Å². The lowest BCUT2D eigenvalue weighted by molar-refractivity contribution is 0.456. The van der Waals surface area contributed by atoms with Gasteiger partial charge in [-0.15, -0.1) is 0 Å². The average molecular weight is 436 g/mol. The second kappa shape index (κ2) is 9.41. The molecule has 0 radical (unpaired) electrons. The first kappa shape index (κ1) is 21.8. The van der Waals surface area contributed by atoms with Gasteiger partial charge in [0.25, 0.3) is 0 Å². The van der Waals surface area contributed by atoms with E-state index < -0.39 is 0 Å². The van der Waals surface area contributed by atoms with Crippen LogP contribution < -0.4 is 15.4 Å². The largest absolute Gasteiger partial charge is 0.438 e. The number of rotatable bonds is 6. The zero-order valence-electron chi connectivity index (χ0n) is 19.1. The van der Waals surface area contributed by atoms with Crippen LogP contribution in [-0.4, -0.2) is 9.97 Å². The molecule has 0 atom stereocenters. The van der Waals surface area contributed by atoms with Crippen molar-refractivity contribution in [2.24, 2.45) is 0 Å². The van der Waals surface area contributed by atoms with Gasteiger partial charge in [-0.1, -0.05) is 29.8 Å². The summed E-state index contributed by atoms with van der Waals surface area (Å²) in [5.74, 6) is 2.19. The summed E-state index contributed by atoms with van der Waals surface area (Å²) in [6, 6.07) is 23.3. The summed E-state index contributed by atoms with van der Waals surface area (Å²) in [5.41, 5.74) is 6.70. The summed E-state index contributed by atoms with van der Waals surface area (Å²) >= 11 is 0. The van der Waals surface area contributed by atoms with Gasteiger partial charge in [0.2, 0.25) is 11.8 Å². The number of nitrogens with one attached hydrogen (secondary N) is 2. The van der Waals surface area contributed by atoms with E-state index in [4.69, 9.17) is 10.00 Å². The molecule has 0 amide bonds. The van der Waals surface area contributed by atoms with E-state index in [-0.39, 0.29) is 0 Å². The Hall–Kier alpha value is -4.37. The molecule has 4 aromatic rings. The standard InChI is InChI=1S/C27H25N5O/c1-17-6-5-7-23(14-17)29-24-15-25(33-26-19(3)12-18(2)13-20(26)4)32-27(31-24)30-22-10-8-21(16-28)9-11-22/h5-15H,1-4H3,(H2,29,30,31,32). The third-order valence-corrected chi connectivity index (χ3v) is 5.07. The first-order valence-corrected chi connectivity index (χ1v) is 10.7. The number of nitrogens with zero attached hydrogens (tertiary/aromatic N) is 3. The van der Waals surface area contributed by atoms with Crippen molar-refractivity contribution >= 4 is 23.1 Å². The molecule has 0 aliphatic carbocycles. The molecule has 4 rings (SSSR count). The van der Waals surface area contributed by atoms with Crippen molar-refractivity contribution in [3.05, 3.63) is 94.5 Å². The number of hydrogen-bond acceptors (Lipinski definition) is 6. The third-order valence-electron chi connectivity index (χ3n) is 5.07. The molecule has 0 aliphatic heterocycles. The molecular formula is C27H25N5O. The molecule has 0 spiro atoms. The highest BCUT2D eigenvalue weighted by Crippen LogP contribution is 2.31. The Balaban J connectivity index is 1.70. The third kappa shape index (κ3) is 5.46. The fraction of sp³-hybridized carbons (Fsp3) is 0.148. The highest BCUT2D eigenvalue weighted by molar-refractivity contribution is 5.62. The van der Waals surface area contributed by atoms with Crippen LogP contribution in [-0.2, 0) is 0 Å². The van der Waals surface area contributed by atoms with Gasteiger partial charge in [-0.25, -0.2) is 0 Å². The van der Waals surface area contributed by atoms with Crippen molar-refractivity contribution in [2.75, 3.05) is 10.6 Å². The molecule has 164 valence electrons. The minimum Gasteiger partial charge on any atom is -0.438 e. The van der Waals surface area contributed by atoms with E-state index in [9.17, 15) is 0 Å². The zero-order valence-corrected chi connectivity index (χ0v) is 19.1. The Bertz CT molecular complexity index is 1320. The predicted octanol–water partition coefficient (Wildman–Crippen LogP) is 6.86. The van der Waals surface area contributed by atoms with E-state index in [0.29, 0.717) is 23.2 Å². The summed E-state index contributed by atoms with van der Waals surface area (Å²) in [4.78, 5) is 9.20. The molecule has 1 heterocycles. The van der Waals surface area contributed by atoms with E-state index in [1.165, 1.54) is 5.56 Å². The lowest BCUT2D eigenvalue weighted by Crippen LogP contribution is -2.03. The summed E-state index contributed by atoms with van der Waals surface area (Å²) in [5, 5.41) is 15.6. The number of ether oxygens (including phenoxy) is 1. The van der Waals surface area contributed by atoms with Gasteiger partial charge in [-0.2, -0.15) is 15.2 Å². The summed E-state index contributed by atoms with van der Waals surface area (Å²) in [6.45, 7) is 8.16. The van der Waals surface area contributed by atoms with Crippen molar-refractivity contribution in [3.63, 3.8) is 0 Å². The maximum atomic E-state index is 9.03. The molecular weight excluding hydrogens is 410 g/mol. The topological polar surface area (TPSA) is 82.9 Å². The monoisotopic (exact) mass is 435 g/mol. The van der Waals surface area contributed by atoms with Gasteiger partial charge in [-0.3, -0.25) is 0 Å². The maximum absolute atomic E-state index is 9.03. The Kier molecular flexibility index (Phi) is 6.23. The van der Waals surface area contributed by atoms with Crippen LogP contribution in [0.3, 0.4) is 0 Å². The molecule has 6 heteroatoms. The summed E-state index contributed by atoms with van der Waals surface area (Å²) in [6.07, 6.45) is 0. The number of nitriles is 1. The molecule has 0 bridgehead atoms. The zero-order chi connectivity index (χ0) is 23.4. The van der Waals surface area contributed by atoms with E-state index in [1.54, 1.807) is 18.2 Å². The Morgan fingerprint density at radius 2 is 1.48 bits per heavy atom.